The van der Waals surface area contributed by atoms with E-state index in [-0.39, 0.29) is 17.9 Å². The van der Waals surface area contributed by atoms with Gasteiger partial charge in [-0.1, -0.05) is 0 Å². The van der Waals surface area contributed by atoms with Crippen molar-refractivity contribution in [3.63, 3.8) is 0 Å². The number of nitrogens with zero attached hydrogens (tertiary/aromatic N) is 3. The van der Waals surface area contributed by atoms with Crippen molar-refractivity contribution >= 4 is 17.6 Å². The van der Waals surface area contributed by atoms with Crippen molar-refractivity contribution < 1.29 is 24.4 Å². The molecular weight excluding hydrogens is 330 g/mol. The Morgan fingerprint density at radius 2 is 1.88 bits per heavy atom. The molecule has 9 nitrogen and oxygen atoms in total. The van der Waals surface area contributed by atoms with Gasteiger partial charge in [-0.05, 0) is 19.2 Å². The van der Waals surface area contributed by atoms with Crippen LogP contribution in [0.4, 0.5) is 5.69 Å². The van der Waals surface area contributed by atoms with E-state index in [2.05, 4.69) is 4.90 Å². The van der Waals surface area contributed by atoms with E-state index in [1.54, 1.807) is 0 Å². The quantitative estimate of drug-likeness (QED) is 0.638. The lowest BCUT2D eigenvalue weighted by atomic mass is 9.97. The van der Waals surface area contributed by atoms with Gasteiger partial charge in [0, 0.05) is 43.6 Å². The van der Waals surface area contributed by atoms with E-state index in [1.165, 1.54) is 29.2 Å². The van der Waals surface area contributed by atoms with Crippen LogP contribution >= 0.6 is 0 Å². The molecule has 3 rings (SSSR count). The number of carbonyl (C=O) groups excluding carboxylic acids is 1. The summed E-state index contributed by atoms with van der Waals surface area (Å²) in [6.07, 6.45) is 1.04. The SMILES string of the molecule is CN1CCC2(CC1)OC[C@H](C(=O)O)N2C(=O)c1ccc([N+](=O)[O-])cc1. The zero-order valence-electron chi connectivity index (χ0n) is 13.8. The van der Waals surface area contributed by atoms with Gasteiger partial charge in [0.05, 0.1) is 11.5 Å². The van der Waals surface area contributed by atoms with Gasteiger partial charge >= 0.3 is 5.97 Å². The van der Waals surface area contributed by atoms with Gasteiger partial charge in [-0.2, -0.15) is 0 Å². The first-order valence-corrected chi connectivity index (χ1v) is 7.97. The van der Waals surface area contributed by atoms with Crippen LogP contribution in [0, 0.1) is 10.1 Å². The van der Waals surface area contributed by atoms with Crippen LogP contribution in [0.15, 0.2) is 24.3 Å². The molecule has 0 bridgehead atoms. The highest BCUT2D eigenvalue weighted by Crippen LogP contribution is 2.38. The lowest BCUT2D eigenvalue weighted by molar-refractivity contribution is -0.384. The van der Waals surface area contributed by atoms with E-state index in [9.17, 15) is 24.8 Å². The van der Waals surface area contributed by atoms with Gasteiger partial charge in [-0.3, -0.25) is 19.8 Å². The maximum absolute atomic E-state index is 13.0. The molecule has 2 aliphatic heterocycles. The number of aliphatic carboxylic acids is 1. The Balaban J connectivity index is 1.92. The molecule has 1 amide bonds. The molecule has 0 aromatic heterocycles. The monoisotopic (exact) mass is 349 g/mol. The summed E-state index contributed by atoms with van der Waals surface area (Å²) >= 11 is 0. The van der Waals surface area contributed by atoms with Crippen LogP contribution in [0.3, 0.4) is 0 Å². The normalized spacial score (nSPS) is 22.9. The maximum atomic E-state index is 13.0. The van der Waals surface area contributed by atoms with E-state index in [4.69, 9.17) is 4.74 Å². The number of benzene rings is 1. The summed E-state index contributed by atoms with van der Waals surface area (Å²) in [7, 11) is 1.96. The van der Waals surface area contributed by atoms with Crippen molar-refractivity contribution in [2.45, 2.75) is 24.6 Å². The Morgan fingerprint density at radius 1 is 1.28 bits per heavy atom. The summed E-state index contributed by atoms with van der Waals surface area (Å²) in [6, 6.07) is 4.11. The zero-order valence-corrected chi connectivity index (χ0v) is 13.8. The number of rotatable bonds is 3. The van der Waals surface area contributed by atoms with Gasteiger partial charge in [0.15, 0.2) is 6.04 Å². The molecule has 1 N–H and O–H groups in total. The molecule has 25 heavy (non-hydrogen) atoms. The second-order valence-corrected chi connectivity index (χ2v) is 6.39. The molecule has 2 aliphatic rings. The summed E-state index contributed by atoms with van der Waals surface area (Å²) < 4.78 is 5.81. The number of hydrogen-bond donors (Lipinski definition) is 1. The highest BCUT2D eigenvalue weighted by Gasteiger charge is 2.53. The second-order valence-electron chi connectivity index (χ2n) is 6.39. The second kappa shape index (κ2) is 6.41. The molecule has 2 fully saturated rings. The minimum absolute atomic E-state index is 0.0578. The van der Waals surface area contributed by atoms with Crippen molar-refractivity contribution in [1.82, 2.24) is 9.80 Å². The van der Waals surface area contributed by atoms with Crippen LogP contribution < -0.4 is 0 Å². The fraction of sp³-hybridized carbons (Fsp3) is 0.500. The fourth-order valence-electron chi connectivity index (χ4n) is 3.39. The van der Waals surface area contributed by atoms with Crippen molar-refractivity contribution in [3.05, 3.63) is 39.9 Å². The molecule has 0 aliphatic carbocycles. The third-order valence-corrected chi connectivity index (χ3v) is 4.86. The number of likely N-dealkylation sites (tertiary alicyclic amines) is 1. The number of non-ortho nitro benzene ring substituents is 1. The largest absolute Gasteiger partial charge is 0.480 e. The van der Waals surface area contributed by atoms with Crippen LogP contribution in [0.25, 0.3) is 0 Å². The molecule has 1 atom stereocenters. The predicted molar refractivity (Wildman–Crippen MR) is 86.1 cm³/mol. The van der Waals surface area contributed by atoms with E-state index in [0.717, 1.165) is 0 Å². The zero-order chi connectivity index (χ0) is 18.2. The predicted octanol–water partition coefficient (Wildman–Crippen LogP) is 0.942. The average molecular weight is 349 g/mol. The molecule has 134 valence electrons. The summed E-state index contributed by atoms with van der Waals surface area (Å²) in [5.41, 5.74) is -0.854. The van der Waals surface area contributed by atoms with E-state index in [0.29, 0.717) is 25.9 Å². The highest BCUT2D eigenvalue weighted by molar-refractivity contribution is 5.97. The smallest absolute Gasteiger partial charge is 0.328 e. The van der Waals surface area contributed by atoms with E-state index in [1.807, 2.05) is 7.05 Å². The first kappa shape index (κ1) is 17.3. The topological polar surface area (TPSA) is 113 Å². The molecule has 9 heteroatoms. The minimum atomic E-state index is -1.12. The summed E-state index contributed by atoms with van der Waals surface area (Å²) in [5.74, 6) is -1.60. The van der Waals surface area contributed by atoms with Crippen LogP contribution in [0.2, 0.25) is 0 Å². The number of hydrogen-bond acceptors (Lipinski definition) is 6. The van der Waals surface area contributed by atoms with Crippen molar-refractivity contribution in [1.29, 1.82) is 0 Å². The van der Waals surface area contributed by atoms with Crippen molar-refractivity contribution in [2.24, 2.45) is 0 Å². The first-order valence-electron chi connectivity index (χ1n) is 7.97. The Labute approximate surface area is 143 Å². The maximum Gasteiger partial charge on any atom is 0.328 e. The molecule has 0 saturated carbocycles. The Bertz CT molecular complexity index is 696. The number of carboxylic acids is 1. The summed E-state index contributed by atoms with van der Waals surface area (Å²) in [6.45, 7) is 1.32. The van der Waals surface area contributed by atoms with E-state index >= 15 is 0 Å². The van der Waals surface area contributed by atoms with Gasteiger partial charge < -0.3 is 14.7 Å². The van der Waals surface area contributed by atoms with Crippen LogP contribution in [-0.4, -0.2) is 70.2 Å². The van der Waals surface area contributed by atoms with Crippen molar-refractivity contribution in [3.8, 4) is 0 Å². The first-order chi connectivity index (χ1) is 11.8. The molecule has 2 heterocycles. The van der Waals surface area contributed by atoms with Gasteiger partial charge in [-0.25, -0.2) is 4.79 Å². The Morgan fingerprint density at radius 3 is 2.40 bits per heavy atom. The number of amides is 1. The minimum Gasteiger partial charge on any atom is -0.480 e. The summed E-state index contributed by atoms with van der Waals surface area (Å²) in [4.78, 5) is 38.2. The molecule has 1 spiro atoms. The molecule has 1 aromatic carbocycles. The molecule has 1 aromatic rings. The van der Waals surface area contributed by atoms with Gasteiger partial charge in [0.1, 0.15) is 5.72 Å². The lowest BCUT2D eigenvalue weighted by Crippen LogP contribution is -2.57. The fourth-order valence-corrected chi connectivity index (χ4v) is 3.39. The molecule has 0 radical (unpaired) electrons. The van der Waals surface area contributed by atoms with Crippen LogP contribution in [0.1, 0.15) is 23.2 Å². The number of nitro benzene ring substituents is 1. The third kappa shape index (κ3) is 3.08. The van der Waals surface area contributed by atoms with Crippen LogP contribution in [-0.2, 0) is 9.53 Å². The molecular formula is C16H19N3O6. The van der Waals surface area contributed by atoms with Crippen LogP contribution in [0.5, 0.6) is 0 Å². The average Bonchev–Trinajstić information content (AvgIpc) is 2.96. The number of carboxylic acid groups (broad SMARTS) is 1. The highest BCUT2D eigenvalue weighted by atomic mass is 16.6. The third-order valence-electron chi connectivity index (χ3n) is 4.86. The number of nitro groups is 1. The number of piperidine rings is 1. The van der Waals surface area contributed by atoms with Crippen molar-refractivity contribution in [2.75, 3.05) is 26.7 Å². The van der Waals surface area contributed by atoms with E-state index < -0.39 is 28.6 Å². The van der Waals surface area contributed by atoms with Gasteiger partial charge in [-0.15, -0.1) is 0 Å². The number of carbonyl (C=O) groups is 2. The number of ether oxygens (including phenoxy) is 1. The molecule has 0 unspecified atom stereocenters. The Kier molecular flexibility index (Phi) is 4.44. The summed E-state index contributed by atoms with van der Waals surface area (Å²) in [5, 5.41) is 20.2. The lowest BCUT2D eigenvalue weighted by Gasteiger charge is -2.43. The van der Waals surface area contributed by atoms with Gasteiger partial charge in [0.25, 0.3) is 11.6 Å². The van der Waals surface area contributed by atoms with Gasteiger partial charge in [0.2, 0.25) is 0 Å². The standard InChI is InChI=1S/C16H19N3O6/c1-17-8-6-16(7-9-17)18(13(10-25-16)15(21)22)14(20)11-2-4-12(5-3-11)19(23)24/h2-5,13H,6-10H2,1H3,(H,21,22)/t13-/m1/s1. The molecule has 2 saturated heterocycles. The Hall–Kier alpha value is -2.52.